The first-order chi connectivity index (χ1) is 7.31. The number of aromatic nitrogens is 1. The third kappa shape index (κ3) is 2.21. The largest absolute Gasteiger partial charge is 0.481 e. The fraction of sp³-hybridized carbons (Fsp3) is 0.545. The topological polar surface area (TPSA) is 37.4 Å². The van der Waals surface area contributed by atoms with Gasteiger partial charge in [0.15, 0.2) is 0 Å². The highest BCUT2D eigenvalue weighted by Gasteiger charge is 2.12. The summed E-state index contributed by atoms with van der Waals surface area (Å²) in [4.78, 5) is 6.77. The van der Waals surface area contributed by atoms with Crippen molar-refractivity contribution in [1.82, 2.24) is 10.3 Å². The molecule has 0 atom stereocenters. The zero-order chi connectivity index (χ0) is 10.7. The fourth-order valence-electron chi connectivity index (χ4n) is 1.78. The summed E-state index contributed by atoms with van der Waals surface area (Å²) in [7, 11) is 1.66. The van der Waals surface area contributed by atoms with Gasteiger partial charge in [-0.1, -0.05) is 6.07 Å². The Labute approximate surface area is 90.3 Å². The normalized spacial score (nSPS) is 16.5. The van der Waals surface area contributed by atoms with Crippen molar-refractivity contribution in [1.29, 1.82) is 0 Å². The quantitative estimate of drug-likeness (QED) is 0.778. The second kappa shape index (κ2) is 4.49. The Balaban J connectivity index is 2.20. The van der Waals surface area contributed by atoms with E-state index in [9.17, 15) is 0 Å². The van der Waals surface area contributed by atoms with Crippen molar-refractivity contribution in [3.8, 4) is 5.88 Å². The van der Waals surface area contributed by atoms with Crippen molar-refractivity contribution in [3.63, 3.8) is 0 Å². The highest BCUT2D eigenvalue weighted by molar-refractivity contribution is 5.44. The predicted octanol–water partition coefficient (Wildman–Crippen LogP) is 0.808. The monoisotopic (exact) mass is 207 g/mol. The molecule has 0 aliphatic carbocycles. The van der Waals surface area contributed by atoms with Gasteiger partial charge in [0.05, 0.1) is 7.11 Å². The van der Waals surface area contributed by atoms with Crippen LogP contribution < -0.4 is 15.0 Å². The van der Waals surface area contributed by atoms with Gasteiger partial charge in [0.2, 0.25) is 5.88 Å². The molecule has 0 saturated carbocycles. The van der Waals surface area contributed by atoms with Gasteiger partial charge in [0.25, 0.3) is 0 Å². The highest BCUT2D eigenvalue weighted by Crippen LogP contribution is 2.20. The number of pyridine rings is 1. The van der Waals surface area contributed by atoms with Gasteiger partial charge >= 0.3 is 0 Å². The number of methoxy groups -OCH3 is 1. The van der Waals surface area contributed by atoms with Crippen LogP contribution in [0.25, 0.3) is 0 Å². The van der Waals surface area contributed by atoms with Crippen LogP contribution in [-0.4, -0.2) is 38.3 Å². The van der Waals surface area contributed by atoms with E-state index in [0.717, 1.165) is 43.4 Å². The molecule has 1 aromatic heterocycles. The molecule has 0 radical (unpaired) electrons. The molecule has 0 spiro atoms. The van der Waals surface area contributed by atoms with Crippen LogP contribution in [0.2, 0.25) is 0 Å². The summed E-state index contributed by atoms with van der Waals surface area (Å²) in [5.74, 6) is 1.74. The van der Waals surface area contributed by atoms with Crippen LogP contribution in [-0.2, 0) is 0 Å². The third-order valence-corrected chi connectivity index (χ3v) is 2.67. The first-order valence-corrected chi connectivity index (χ1v) is 5.28. The second-order valence-corrected chi connectivity index (χ2v) is 3.73. The van der Waals surface area contributed by atoms with Crippen LogP contribution in [0.15, 0.2) is 12.1 Å². The van der Waals surface area contributed by atoms with Gasteiger partial charge < -0.3 is 15.0 Å². The lowest BCUT2D eigenvalue weighted by Gasteiger charge is -2.28. The lowest BCUT2D eigenvalue weighted by molar-refractivity contribution is 0.394. The van der Waals surface area contributed by atoms with Crippen LogP contribution in [0.1, 0.15) is 5.56 Å². The van der Waals surface area contributed by atoms with Crippen LogP contribution in [0.5, 0.6) is 5.88 Å². The third-order valence-electron chi connectivity index (χ3n) is 2.67. The van der Waals surface area contributed by atoms with Crippen LogP contribution in [0, 0.1) is 6.92 Å². The minimum atomic E-state index is 0.728. The Morgan fingerprint density at radius 1 is 1.33 bits per heavy atom. The van der Waals surface area contributed by atoms with Gasteiger partial charge in [-0.3, -0.25) is 0 Å². The SMILES string of the molecule is COc1nc(N2CCNCC2)ccc1C. The highest BCUT2D eigenvalue weighted by atomic mass is 16.5. The maximum Gasteiger partial charge on any atom is 0.217 e. The molecule has 1 N–H and O–H groups in total. The van der Waals surface area contributed by atoms with Crippen LogP contribution in [0.4, 0.5) is 5.82 Å². The molecule has 4 heteroatoms. The Hall–Kier alpha value is -1.29. The summed E-state index contributed by atoms with van der Waals surface area (Å²) in [5.41, 5.74) is 1.08. The standard InChI is InChI=1S/C11H17N3O/c1-9-3-4-10(13-11(9)15-2)14-7-5-12-6-8-14/h3-4,12H,5-8H2,1-2H3. The van der Waals surface area contributed by atoms with Gasteiger partial charge in [-0.05, 0) is 13.0 Å². The summed E-state index contributed by atoms with van der Waals surface area (Å²) in [5, 5.41) is 3.32. The molecule has 0 bridgehead atoms. The van der Waals surface area contributed by atoms with Crippen molar-refractivity contribution in [3.05, 3.63) is 17.7 Å². The molecule has 1 aromatic rings. The zero-order valence-electron chi connectivity index (χ0n) is 9.29. The smallest absolute Gasteiger partial charge is 0.217 e. The number of hydrogen-bond acceptors (Lipinski definition) is 4. The molecular formula is C11H17N3O. The molecule has 82 valence electrons. The van der Waals surface area contributed by atoms with Gasteiger partial charge in [-0.2, -0.15) is 4.98 Å². The number of hydrogen-bond donors (Lipinski definition) is 1. The Morgan fingerprint density at radius 2 is 2.07 bits per heavy atom. The van der Waals surface area contributed by atoms with Crippen LogP contribution in [0.3, 0.4) is 0 Å². The van der Waals surface area contributed by atoms with Crippen molar-refractivity contribution < 1.29 is 4.74 Å². The molecule has 4 nitrogen and oxygen atoms in total. The number of anilines is 1. The zero-order valence-corrected chi connectivity index (χ0v) is 9.29. The molecule has 1 aliphatic heterocycles. The molecule has 1 aliphatic rings. The van der Waals surface area contributed by atoms with E-state index in [1.165, 1.54) is 0 Å². The number of nitrogens with one attached hydrogen (secondary N) is 1. The Morgan fingerprint density at radius 3 is 2.73 bits per heavy atom. The van der Waals surface area contributed by atoms with Gasteiger partial charge in [-0.15, -0.1) is 0 Å². The van der Waals surface area contributed by atoms with E-state index in [1.807, 2.05) is 6.92 Å². The Kier molecular flexibility index (Phi) is 3.06. The Bertz CT molecular complexity index is 335. The average molecular weight is 207 g/mol. The number of ether oxygens (including phenoxy) is 1. The van der Waals surface area contributed by atoms with E-state index in [2.05, 4.69) is 27.3 Å². The fourth-order valence-corrected chi connectivity index (χ4v) is 1.78. The predicted molar refractivity (Wildman–Crippen MR) is 60.6 cm³/mol. The summed E-state index contributed by atoms with van der Waals surface area (Å²) in [6.07, 6.45) is 0. The van der Waals surface area contributed by atoms with Crippen molar-refractivity contribution >= 4 is 5.82 Å². The van der Waals surface area contributed by atoms with E-state index in [0.29, 0.717) is 0 Å². The van der Waals surface area contributed by atoms with Gasteiger partial charge in [-0.25, -0.2) is 0 Å². The van der Waals surface area contributed by atoms with Crippen molar-refractivity contribution in [2.24, 2.45) is 0 Å². The van der Waals surface area contributed by atoms with E-state index in [1.54, 1.807) is 7.11 Å². The van der Waals surface area contributed by atoms with Crippen molar-refractivity contribution in [2.75, 3.05) is 38.2 Å². The molecule has 15 heavy (non-hydrogen) atoms. The molecule has 1 fully saturated rings. The van der Waals surface area contributed by atoms with Gasteiger partial charge in [0.1, 0.15) is 5.82 Å². The summed E-state index contributed by atoms with van der Waals surface area (Å²) < 4.78 is 5.22. The maximum atomic E-state index is 5.22. The maximum absolute atomic E-state index is 5.22. The first-order valence-electron chi connectivity index (χ1n) is 5.28. The molecule has 0 aromatic carbocycles. The van der Waals surface area contributed by atoms with Gasteiger partial charge in [0, 0.05) is 31.7 Å². The number of piperazine rings is 1. The van der Waals surface area contributed by atoms with Crippen LogP contribution >= 0.6 is 0 Å². The lowest BCUT2D eigenvalue weighted by atomic mass is 10.3. The minimum absolute atomic E-state index is 0.728. The molecule has 0 amide bonds. The van der Waals surface area contributed by atoms with Crippen molar-refractivity contribution in [2.45, 2.75) is 6.92 Å². The lowest BCUT2D eigenvalue weighted by Crippen LogP contribution is -2.43. The van der Waals surface area contributed by atoms with E-state index >= 15 is 0 Å². The average Bonchev–Trinajstić information content (AvgIpc) is 2.31. The van der Waals surface area contributed by atoms with E-state index < -0.39 is 0 Å². The molecule has 2 rings (SSSR count). The van der Waals surface area contributed by atoms with E-state index in [-0.39, 0.29) is 0 Å². The number of rotatable bonds is 2. The van der Waals surface area contributed by atoms with E-state index in [4.69, 9.17) is 4.74 Å². The number of aryl methyl sites for hydroxylation is 1. The summed E-state index contributed by atoms with van der Waals surface area (Å²) in [6.45, 7) is 6.08. The molecular weight excluding hydrogens is 190 g/mol. The first kappa shape index (κ1) is 10.2. The molecule has 0 unspecified atom stereocenters. The summed E-state index contributed by atoms with van der Waals surface area (Å²) >= 11 is 0. The second-order valence-electron chi connectivity index (χ2n) is 3.73. The molecule has 2 heterocycles. The molecule has 1 saturated heterocycles. The summed E-state index contributed by atoms with van der Waals surface area (Å²) in [6, 6.07) is 4.12. The number of nitrogens with zero attached hydrogens (tertiary/aromatic N) is 2. The minimum Gasteiger partial charge on any atom is -0.481 e.